The molecule has 29 heavy (non-hydrogen) atoms. The van der Waals surface area contributed by atoms with Gasteiger partial charge in [0, 0.05) is 23.1 Å². The Labute approximate surface area is 172 Å². The Balaban J connectivity index is 1.76. The van der Waals surface area contributed by atoms with Gasteiger partial charge in [0.05, 0.1) is 17.1 Å². The van der Waals surface area contributed by atoms with Crippen molar-refractivity contribution >= 4 is 40.0 Å². The van der Waals surface area contributed by atoms with Crippen LogP contribution in [0.2, 0.25) is 0 Å². The molecule has 0 unspecified atom stereocenters. The lowest BCUT2D eigenvalue weighted by Gasteiger charge is -2.12. The predicted molar refractivity (Wildman–Crippen MR) is 112 cm³/mol. The van der Waals surface area contributed by atoms with Gasteiger partial charge < -0.3 is 10.1 Å². The van der Waals surface area contributed by atoms with Gasteiger partial charge in [0.1, 0.15) is 5.00 Å². The van der Waals surface area contributed by atoms with Crippen molar-refractivity contribution in [2.45, 2.75) is 39.0 Å². The highest BCUT2D eigenvalue weighted by Gasteiger charge is 2.27. The number of hydrogen-bond acceptors (Lipinski definition) is 6. The lowest BCUT2D eigenvalue weighted by atomic mass is 9.95. The van der Waals surface area contributed by atoms with Gasteiger partial charge in [-0.15, -0.1) is 11.3 Å². The van der Waals surface area contributed by atoms with Crippen LogP contribution in [0.4, 0.5) is 10.7 Å². The number of aryl methyl sites for hydroxylation is 1. The summed E-state index contributed by atoms with van der Waals surface area (Å²) in [6.45, 7) is 2.28. The second-order valence-corrected chi connectivity index (χ2v) is 7.83. The van der Waals surface area contributed by atoms with Crippen molar-refractivity contribution in [3.8, 4) is 0 Å². The molecular weight excluding hydrogens is 392 g/mol. The van der Waals surface area contributed by atoms with Crippen molar-refractivity contribution in [3.05, 3.63) is 62.0 Å². The third-order valence-electron chi connectivity index (χ3n) is 4.58. The van der Waals surface area contributed by atoms with Gasteiger partial charge in [-0.2, -0.15) is 0 Å². The fourth-order valence-electron chi connectivity index (χ4n) is 3.17. The molecule has 3 rings (SSSR count). The van der Waals surface area contributed by atoms with Crippen LogP contribution in [-0.2, 0) is 22.4 Å². The molecule has 1 aromatic carbocycles. The van der Waals surface area contributed by atoms with Crippen molar-refractivity contribution in [2.75, 3.05) is 11.9 Å². The molecule has 0 bridgehead atoms. The summed E-state index contributed by atoms with van der Waals surface area (Å²) in [5.41, 5.74) is 2.14. The quantitative estimate of drug-likeness (QED) is 0.305. The number of carbonyl (C=O) groups is 2. The monoisotopic (exact) mass is 414 g/mol. The normalized spacial score (nSPS) is 13.1. The molecule has 7 nitrogen and oxygen atoms in total. The number of nitro groups is 1. The van der Waals surface area contributed by atoms with Gasteiger partial charge in [-0.1, -0.05) is 6.92 Å². The van der Waals surface area contributed by atoms with E-state index in [4.69, 9.17) is 4.74 Å². The molecule has 1 aliphatic rings. The Hall–Kier alpha value is -3.00. The first kappa shape index (κ1) is 20.7. The van der Waals surface area contributed by atoms with Crippen LogP contribution in [0.25, 0.3) is 6.08 Å². The van der Waals surface area contributed by atoms with Crippen molar-refractivity contribution in [2.24, 2.45) is 0 Å². The molecule has 0 atom stereocenters. The first-order chi connectivity index (χ1) is 14.0. The summed E-state index contributed by atoms with van der Waals surface area (Å²) >= 11 is 1.44. The van der Waals surface area contributed by atoms with E-state index >= 15 is 0 Å². The lowest BCUT2D eigenvalue weighted by molar-refractivity contribution is -0.384. The highest BCUT2D eigenvalue weighted by atomic mass is 32.1. The second-order valence-electron chi connectivity index (χ2n) is 6.72. The summed E-state index contributed by atoms with van der Waals surface area (Å²) in [7, 11) is 0. The fourth-order valence-corrected chi connectivity index (χ4v) is 4.45. The number of esters is 1. The molecule has 1 amide bonds. The molecule has 152 valence electrons. The van der Waals surface area contributed by atoms with E-state index in [0.717, 1.165) is 42.5 Å². The van der Waals surface area contributed by atoms with Crippen molar-refractivity contribution in [1.82, 2.24) is 0 Å². The zero-order valence-electron chi connectivity index (χ0n) is 16.1. The van der Waals surface area contributed by atoms with Gasteiger partial charge in [-0.25, -0.2) is 4.79 Å². The molecule has 8 heteroatoms. The van der Waals surface area contributed by atoms with Crippen molar-refractivity contribution < 1.29 is 19.2 Å². The minimum absolute atomic E-state index is 0.00833. The first-order valence-electron chi connectivity index (χ1n) is 9.54. The van der Waals surface area contributed by atoms with Gasteiger partial charge in [0.25, 0.3) is 5.69 Å². The number of hydrogen-bond donors (Lipinski definition) is 1. The first-order valence-corrected chi connectivity index (χ1v) is 10.4. The maximum absolute atomic E-state index is 12.6. The molecule has 1 aromatic heterocycles. The number of nitrogens with zero attached hydrogens (tertiary/aromatic N) is 1. The predicted octanol–water partition coefficient (Wildman–Crippen LogP) is 4.75. The minimum Gasteiger partial charge on any atom is -0.462 e. The van der Waals surface area contributed by atoms with E-state index in [1.807, 2.05) is 6.92 Å². The summed E-state index contributed by atoms with van der Waals surface area (Å²) in [5, 5.41) is 14.0. The Morgan fingerprint density at radius 1 is 1.24 bits per heavy atom. The van der Waals surface area contributed by atoms with E-state index in [2.05, 4.69) is 5.32 Å². The fraction of sp³-hybridized carbons (Fsp3) is 0.333. The number of rotatable bonds is 7. The van der Waals surface area contributed by atoms with Crippen LogP contribution in [0.3, 0.4) is 0 Å². The number of ether oxygens (including phenoxy) is 1. The van der Waals surface area contributed by atoms with Gasteiger partial charge in [-0.05, 0) is 61.4 Å². The number of thiophene rings is 1. The van der Waals surface area contributed by atoms with Crippen LogP contribution >= 0.6 is 11.3 Å². The Kier molecular flexibility index (Phi) is 6.77. The Morgan fingerprint density at radius 3 is 2.66 bits per heavy atom. The van der Waals surface area contributed by atoms with Crippen LogP contribution in [0.5, 0.6) is 0 Å². The number of fused-ring (bicyclic) bond motifs is 1. The maximum atomic E-state index is 12.6. The number of benzene rings is 1. The number of carbonyl (C=O) groups excluding carboxylic acids is 2. The van der Waals surface area contributed by atoms with Crippen molar-refractivity contribution in [3.63, 3.8) is 0 Å². The third kappa shape index (κ3) is 5.08. The van der Waals surface area contributed by atoms with Crippen LogP contribution in [0, 0.1) is 10.1 Å². The second kappa shape index (κ2) is 9.47. The van der Waals surface area contributed by atoms with Crippen LogP contribution in [0.15, 0.2) is 30.3 Å². The summed E-state index contributed by atoms with van der Waals surface area (Å²) in [6.07, 6.45) is 7.47. The number of amides is 1. The smallest absolute Gasteiger partial charge is 0.341 e. The van der Waals surface area contributed by atoms with E-state index in [1.165, 1.54) is 29.5 Å². The maximum Gasteiger partial charge on any atom is 0.341 e. The molecule has 0 spiro atoms. The van der Waals surface area contributed by atoms with Gasteiger partial charge in [0.2, 0.25) is 5.91 Å². The molecule has 1 N–H and O–H groups in total. The van der Waals surface area contributed by atoms with E-state index in [0.29, 0.717) is 22.7 Å². The van der Waals surface area contributed by atoms with E-state index in [9.17, 15) is 19.7 Å². The summed E-state index contributed by atoms with van der Waals surface area (Å²) in [6, 6.07) is 5.90. The topological polar surface area (TPSA) is 98.5 Å². The largest absolute Gasteiger partial charge is 0.462 e. The summed E-state index contributed by atoms with van der Waals surface area (Å²) in [4.78, 5) is 36.3. The van der Waals surface area contributed by atoms with Crippen LogP contribution in [-0.4, -0.2) is 23.4 Å². The highest BCUT2D eigenvalue weighted by Crippen LogP contribution is 2.38. The molecule has 2 aromatic rings. The SMILES string of the molecule is CCCOC(=O)c1c(NC(=O)C=Cc2ccc([N+](=O)[O-])cc2)sc2c1CCCC2. The number of nitro benzene ring substituents is 1. The number of anilines is 1. The molecule has 0 saturated heterocycles. The lowest BCUT2D eigenvalue weighted by Crippen LogP contribution is -2.14. The van der Waals surface area contributed by atoms with Gasteiger partial charge in [0.15, 0.2) is 0 Å². The molecule has 0 aliphatic heterocycles. The molecular formula is C21H22N2O5S. The standard InChI is InChI=1S/C21H22N2O5S/c1-2-13-28-21(25)19-16-5-3-4-6-17(16)29-20(19)22-18(24)12-9-14-7-10-15(11-8-14)23(26)27/h7-12H,2-6,13H2,1H3,(H,22,24). The molecule has 0 fully saturated rings. The molecule has 1 aliphatic carbocycles. The Morgan fingerprint density at radius 2 is 1.97 bits per heavy atom. The van der Waals surface area contributed by atoms with E-state index in [-0.39, 0.29) is 17.6 Å². The van der Waals surface area contributed by atoms with Crippen LogP contribution < -0.4 is 5.32 Å². The van der Waals surface area contributed by atoms with Gasteiger partial charge >= 0.3 is 5.97 Å². The highest BCUT2D eigenvalue weighted by molar-refractivity contribution is 7.17. The number of nitrogens with one attached hydrogen (secondary N) is 1. The Bertz CT molecular complexity index is 947. The molecule has 0 radical (unpaired) electrons. The molecule has 0 saturated carbocycles. The van der Waals surface area contributed by atoms with Crippen LogP contribution in [0.1, 0.15) is 52.5 Å². The summed E-state index contributed by atoms with van der Waals surface area (Å²) < 4.78 is 5.33. The van der Waals surface area contributed by atoms with Crippen molar-refractivity contribution in [1.29, 1.82) is 0 Å². The van der Waals surface area contributed by atoms with E-state index < -0.39 is 4.92 Å². The summed E-state index contributed by atoms with van der Waals surface area (Å²) in [5.74, 6) is -0.757. The zero-order valence-corrected chi connectivity index (χ0v) is 16.9. The number of non-ortho nitro benzene ring substituents is 1. The van der Waals surface area contributed by atoms with Gasteiger partial charge in [-0.3, -0.25) is 14.9 Å². The van der Waals surface area contributed by atoms with E-state index in [1.54, 1.807) is 18.2 Å². The zero-order chi connectivity index (χ0) is 20.8. The molecule has 1 heterocycles. The minimum atomic E-state index is -0.474. The average Bonchev–Trinajstić information content (AvgIpc) is 3.08. The average molecular weight is 414 g/mol. The third-order valence-corrected chi connectivity index (χ3v) is 5.79.